The van der Waals surface area contributed by atoms with Gasteiger partial charge < -0.3 is 9.30 Å². The summed E-state index contributed by atoms with van der Waals surface area (Å²) in [5, 5.41) is 0. The maximum atomic E-state index is 13.0. The van der Waals surface area contributed by atoms with E-state index in [0.29, 0.717) is 0 Å². The fourth-order valence-electron chi connectivity index (χ4n) is 2.86. The zero-order valence-electron chi connectivity index (χ0n) is 18.0. The largest absolute Gasteiger partial charge is 0.478 e. The molecule has 0 aromatic carbocycles. The van der Waals surface area contributed by atoms with E-state index in [0.717, 1.165) is 12.3 Å². The molecular formula is C20H21F3N4O4S. The summed E-state index contributed by atoms with van der Waals surface area (Å²) in [4.78, 5) is 23.4. The quantitative estimate of drug-likeness (QED) is 0.542. The lowest BCUT2D eigenvalue weighted by atomic mass is 10.1. The van der Waals surface area contributed by atoms with Crippen LogP contribution >= 0.6 is 0 Å². The number of Topliss-reactive ketones (excluding diaryl/α,β-unsaturated/α-hetero) is 1. The Morgan fingerprint density at radius 3 is 2.38 bits per heavy atom. The van der Waals surface area contributed by atoms with Gasteiger partial charge in [0.25, 0.3) is 0 Å². The van der Waals surface area contributed by atoms with Crippen molar-refractivity contribution in [3.8, 4) is 17.3 Å². The van der Waals surface area contributed by atoms with Gasteiger partial charge in [0.05, 0.1) is 29.2 Å². The van der Waals surface area contributed by atoms with Gasteiger partial charge in [-0.1, -0.05) is 6.92 Å². The number of pyridine rings is 2. The van der Waals surface area contributed by atoms with Crippen LogP contribution in [0.2, 0.25) is 0 Å². The SMILES string of the molecule is CCS(=O)(=O)c1cc(OC(C)(C)C(C)=O)cnc1-c1nc2cc(C(F)(F)F)ncc2n1C. The molecule has 0 aliphatic heterocycles. The third-order valence-electron chi connectivity index (χ3n) is 5.03. The fourth-order valence-corrected chi connectivity index (χ4v) is 3.91. The van der Waals surface area contributed by atoms with Crippen molar-refractivity contribution >= 4 is 26.7 Å². The fraction of sp³-hybridized carbons (Fsp3) is 0.400. The molecule has 3 aromatic rings. The number of alkyl halides is 3. The molecule has 32 heavy (non-hydrogen) atoms. The molecular weight excluding hydrogens is 449 g/mol. The molecule has 0 unspecified atom stereocenters. The molecule has 0 bridgehead atoms. The zero-order chi connectivity index (χ0) is 24.1. The highest BCUT2D eigenvalue weighted by Gasteiger charge is 2.33. The lowest BCUT2D eigenvalue weighted by Gasteiger charge is -2.23. The molecule has 0 fully saturated rings. The summed E-state index contributed by atoms with van der Waals surface area (Å²) in [7, 11) is -2.32. The standard InChI is InChI=1S/C20H21F3N4O4S/c1-6-32(29,30)15-7-12(31-19(3,4)11(2)28)9-25-17(15)18-26-13-8-16(20(21,22)23)24-10-14(13)27(18)5/h7-10H,6H2,1-5H3. The molecule has 8 nitrogen and oxygen atoms in total. The van der Waals surface area contributed by atoms with Crippen LogP contribution in [0.5, 0.6) is 5.75 Å². The molecule has 3 heterocycles. The Morgan fingerprint density at radius 2 is 1.81 bits per heavy atom. The number of hydrogen-bond acceptors (Lipinski definition) is 7. The molecule has 0 aliphatic carbocycles. The number of fused-ring (bicyclic) bond motifs is 1. The summed E-state index contributed by atoms with van der Waals surface area (Å²) in [5.41, 5.74) is -2.11. The third-order valence-corrected chi connectivity index (χ3v) is 6.77. The number of rotatable bonds is 6. The number of carbonyl (C=O) groups is 1. The predicted molar refractivity (Wildman–Crippen MR) is 110 cm³/mol. The number of aromatic nitrogens is 4. The molecule has 0 aliphatic rings. The second kappa shape index (κ2) is 7.84. The molecule has 0 saturated carbocycles. The van der Waals surface area contributed by atoms with Crippen LogP contribution in [-0.4, -0.2) is 45.1 Å². The molecule has 0 saturated heterocycles. The normalized spacial score (nSPS) is 12.9. The van der Waals surface area contributed by atoms with Gasteiger partial charge in [0, 0.05) is 13.1 Å². The van der Waals surface area contributed by atoms with E-state index in [9.17, 15) is 26.4 Å². The second-order valence-corrected chi connectivity index (χ2v) is 9.89. The first kappa shape index (κ1) is 23.6. The van der Waals surface area contributed by atoms with Crippen molar-refractivity contribution in [3.63, 3.8) is 0 Å². The van der Waals surface area contributed by atoms with Gasteiger partial charge in [0.1, 0.15) is 22.0 Å². The minimum absolute atomic E-state index is 0.00971. The van der Waals surface area contributed by atoms with Crippen molar-refractivity contribution in [2.75, 3.05) is 5.75 Å². The average molecular weight is 470 g/mol. The molecule has 3 aromatic heterocycles. The monoisotopic (exact) mass is 470 g/mol. The number of halogens is 3. The van der Waals surface area contributed by atoms with Crippen LogP contribution in [0.25, 0.3) is 22.6 Å². The summed E-state index contributed by atoms with van der Waals surface area (Å²) < 4.78 is 71.7. The number of carbonyl (C=O) groups excluding carboxylic acids is 1. The van der Waals surface area contributed by atoms with Crippen molar-refractivity contribution in [2.24, 2.45) is 7.05 Å². The lowest BCUT2D eigenvalue weighted by molar-refractivity contribution is -0.141. The number of imidazole rings is 1. The van der Waals surface area contributed by atoms with E-state index >= 15 is 0 Å². The van der Waals surface area contributed by atoms with Crippen molar-refractivity contribution in [1.82, 2.24) is 19.5 Å². The third kappa shape index (κ3) is 4.31. The lowest BCUT2D eigenvalue weighted by Crippen LogP contribution is -2.36. The van der Waals surface area contributed by atoms with Crippen molar-refractivity contribution in [1.29, 1.82) is 0 Å². The first-order valence-corrected chi connectivity index (χ1v) is 11.2. The molecule has 0 spiro atoms. The first-order chi connectivity index (χ1) is 14.7. The second-order valence-electron chi connectivity index (χ2n) is 7.64. The maximum Gasteiger partial charge on any atom is 0.433 e. The number of aryl methyl sites for hydroxylation is 1. The predicted octanol–water partition coefficient (Wildman–Crippen LogP) is 3.59. The summed E-state index contributed by atoms with van der Waals surface area (Å²) in [6.45, 7) is 5.86. The summed E-state index contributed by atoms with van der Waals surface area (Å²) in [5.74, 6) is -0.429. The minimum atomic E-state index is -4.65. The van der Waals surface area contributed by atoms with Crippen LogP contribution in [0.3, 0.4) is 0 Å². The van der Waals surface area contributed by atoms with E-state index in [2.05, 4.69) is 15.0 Å². The number of ether oxygens (including phenoxy) is 1. The van der Waals surface area contributed by atoms with Crippen LogP contribution < -0.4 is 4.74 Å². The Morgan fingerprint density at radius 1 is 1.16 bits per heavy atom. The molecule has 0 N–H and O–H groups in total. The van der Waals surface area contributed by atoms with Gasteiger partial charge in [-0.05, 0) is 26.8 Å². The van der Waals surface area contributed by atoms with Gasteiger partial charge in [-0.2, -0.15) is 13.2 Å². The highest BCUT2D eigenvalue weighted by Crippen LogP contribution is 2.34. The number of ketones is 1. The van der Waals surface area contributed by atoms with Crippen LogP contribution in [-0.2, 0) is 27.9 Å². The molecule has 0 atom stereocenters. The van der Waals surface area contributed by atoms with Gasteiger partial charge in [0.15, 0.2) is 27.0 Å². The van der Waals surface area contributed by atoms with Gasteiger partial charge in [-0.3, -0.25) is 4.79 Å². The van der Waals surface area contributed by atoms with Crippen molar-refractivity contribution in [3.05, 3.63) is 30.2 Å². The van der Waals surface area contributed by atoms with E-state index in [1.807, 2.05) is 0 Å². The smallest absolute Gasteiger partial charge is 0.433 e. The van der Waals surface area contributed by atoms with E-state index in [1.54, 1.807) is 0 Å². The number of hydrogen-bond donors (Lipinski definition) is 0. The van der Waals surface area contributed by atoms with Crippen LogP contribution in [0, 0.1) is 0 Å². The minimum Gasteiger partial charge on any atom is -0.478 e. The average Bonchev–Trinajstić information content (AvgIpc) is 3.03. The van der Waals surface area contributed by atoms with Gasteiger partial charge in [-0.15, -0.1) is 0 Å². The Bertz CT molecular complexity index is 1310. The van der Waals surface area contributed by atoms with Gasteiger partial charge >= 0.3 is 6.18 Å². The molecule has 0 radical (unpaired) electrons. The Balaban J connectivity index is 2.22. The van der Waals surface area contributed by atoms with E-state index < -0.39 is 27.3 Å². The number of nitrogens with zero attached hydrogens (tertiary/aromatic N) is 4. The summed E-state index contributed by atoms with van der Waals surface area (Å²) in [6.07, 6.45) is -2.38. The van der Waals surface area contributed by atoms with Crippen LogP contribution in [0.4, 0.5) is 13.2 Å². The van der Waals surface area contributed by atoms with Crippen molar-refractivity contribution < 1.29 is 31.1 Å². The molecule has 3 rings (SSSR count). The first-order valence-electron chi connectivity index (χ1n) is 9.50. The summed E-state index contributed by atoms with van der Waals surface area (Å²) in [6, 6.07) is 2.03. The van der Waals surface area contributed by atoms with E-state index in [-0.39, 0.29) is 44.7 Å². The van der Waals surface area contributed by atoms with Gasteiger partial charge in [-0.25, -0.2) is 23.4 Å². The zero-order valence-corrected chi connectivity index (χ0v) is 18.8. The maximum absolute atomic E-state index is 13.0. The summed E-state index contributed by atoms with van der Waals surface area (Å²) >= 11 is 0. The number of sulfone groups is 1. The molecule has 172 valence electrons. The van der Waals surface area contributed by atoms with Gasteiger partial charge in [0.2, 0.25) is 0 Å². The highest BCUT2D eigenvalue weighted by atomic mass is 32.2. The highest BCUT2D eigenvalue weighted by molar-refractivity contribution is 7.91. The Hall–Kier alpha value is -3.02. The Labute approximate surface area is 182 Å². The van der Waals surface area contributed by atoms with Crippen molar-refractivity contribution in [2.45, 2.75) is 44.4 Å². The van der Waals surface area contributed by atoms with E-state index in [4.69, 9.17) is 4.74 Å². The molecule has 12 heteroatoms. The van der Waals surface area contributed by atoms with Crippen LogP contribution in [0.15, 0.2) is 29.4 Å². The topological polar surface area (TPSA) is 104 Å². The van der Waals surface area contributed by atoms with Crippen LogP contribution in [0.1, 0.15) is 33.4 Å². The molecule has 0 amide bonds. The van der Waals surface area contributed by atoms with E-state index in [1.165, 1.54) is 51.6 Å². The Kier molecular flexibility index (Phi) is 5.79.